The number of morpholine rings is 1. The van der Waals surface area contributed by atoms with Crippen LogP contribution in [0.15, 0.2) is 27.3 Å². The van der Waals surface area contributed by atoms with E-state index in [9.17, 15) is 4.79 Å². The van der Waals surface area contributed by atoms with E-state index < -0.39 is 0 Å². The Morgan fingerprint density at radius 2 is 2.13 bits per heavy atom. The smallest absolute Gasteiger partial charge is 0.238 e. The van der Waals surface area contributed by atoms with Crippen molar-refractivity contribution in [1.29, 1.82) is 0 Å². The molecule has 0 saturated carbocycles. The second-order valence-corrected chi connectivity index (χ2v) is 5.82. The van der Waals surface area contributed by atoms with Gasteiger partial charge in [0.25, 0.3) is 0 Å². The van der Waals surface area contributed by atoms with E-state index in [1.54, 1.807) is 18.4 Å². The first-order valence-electron chi connectivity index (χ1n) is 7.75. The lowest BCUT2D eigenvalue weighted by atomic mass is 10.0. The fourth-order valence-corrected chi connectivity index (χ4v) is 2.87. The first-order chi connectivity index (χ1) is 11.3. The lowest BCUT2D eigenvalue weighted by Gasteiger charge is -2.38. The zero-order valence-electron chi connectivity index (χ0n) is 12.7. The van der Waals surface area contributed by atoms with Gasteiger partial charge in [0.05, 0.1) is 31.9 Å². The molecule has 0 spiro atoms. The standard InChI is InChI=1S/C15H18N4O4/c20-13(19-3-6-21-7-4-19)10-18-8-11(9-18)15-16-14(17-23-15)12-2-1-5-22-12/h1-2,5,11H,3-4,6-10H2. The molecule has 0 radical (unpaired) electrons. The number of furan rings is 1. The summed E-state index contributed by atoms with van der Waals surface area (Å²) < 4.78 is 15.8. The minimum absolute atomic E-state index is 0.161. The van der Waals surface area contributed by atoms with Gasteiger partial charge < -0.3 is 18.6 Å². The zero-order chi connectivity index (χ0) is 15.6. The minimum Gasteiger partial charge on any atom is -0.461 e. The molecule has 0 atom stereocenters. The summed E-state index contributed by atoms with van der Waals surface area (Å²) in [5, 5.41) is 3.93. The number of rotatable bonds is 4. The van der Waals surface area contributed by atoms with E-state index in [2.05, 4.69) is 15.0 Å². The Labute approximate surface area is 133 Å². The fourth-order valence-electron chi connectivity index (χ4n) is 2.87. The Balaban J connectivity index is 1.29. The number of ether oxygens (including phenoxy) is 1. The molecule has 1 amide bonds. The summed E-state index contributed by atoms with van der Waals surface area (Å²) in [4.78, 5) is 20.5. The molecule has 4 rings (SSSR count). The first-order valence-corrected chi connectivity index (χ1v) is 7.75. The highest BCUT2D eigenvalue weighted by molar-refractivity contribution is 5.78. The summed E-state index contributed by atoms with van der Waals surface area (Å²) in [5.41, 5.74) is 0. The van der Waals surface area contributed by atoms with E-state index in [1.165, 1.54) is 0 Å². The van der Waals surface area contributed by atoms with Gasteiger partial charge in [-0.25, -0.2) is 0 Å². The summed E-state index contributed by atoms with van der Waals surface area (Å²) >= 11 is 0. The van der Waals surface area contributed by atoms with Crippen molar-refractivity contribution >= 4 is 5.91 Å². The number of carbonyl (C=O) groups excluding carboxylic acids is 1. The zero-order valence-corrected chi connectivity index (χ0v) is 12.7. The van der Waals surface area contributed by atoms with Gasteiger partial charge in [-0.1, -0.05) is 5.16 Å². The maximum absolute atomic E-state index is 12.2. The Morgan fingerprint density at radius 1 is 1.30 bits per heavy atom. The average molecular weight is 318 g/mol. The van der Waals surface area contributed by atoms with Crippen LogP contribution < -0.4 is 0 Å². The second kappa shape index (κ2) is 6.13. The van der Waals surface area contributed by atoms with E-state index >= 15 is 0 Å². The van der Waals surface area contributed by atoms with Gasteiger partial charge in [-0.3, -0.25) is 9.69 Å². The van der Waals surface area contributed by atoms with Crippen LogP contribution in [0.5, 0.6) is 0 Å². The number of aromatic nitrogens is 2. The molecular formula is C15H18N4O4. The van der Waals surface area contributed by atoms with Crippen molar-refractivity contribution in [1.82, 2.24) is 19.9 Å². The molecule has 0 bridgehead atoms. The summed E-state index contributed by atoms with van der Waals surface area (Å²) in [6.45, 7) is 4.60. The van der Waals surface area contributed by atoms with Crippen molar-refractivity contribution in [3.05, 3.63) is 24.3 Å². The van der Waals surface area contributed by atoms with Crippen LogP contribution in [0.4, 0.5) is 0 Å². The first kappa shape index (κ1) is 14.4. The van der Waals surface area contributed by atoms with Gasteiger partial charge in [0.1, 0.15) is 0 Å². The van der Waals surface area contributed by atoms with Crippen molar-refractivity contribution in [2.24, 2.45) is 0 Å². The second-order valence-electron chi connectivity index (χ2n) is 5.82. The lowest BCUT2D eigenvalue weighted by Crippen LogP contribution is -2.52. The van der Waals surface area contributed by atoms with Crippen molar-refractivity contribution in [2.45, 2.75) is 5.92 Å². The minimum atomic E-state index is 0.161. The molecule has 2 aliphatic heterocycles. The van der Waals surface area contributed by atoms with Crippen molar-refractivity contribution < 1.29 is 18.5 Å². The molecule has 0 unspecified atom stereocenters. The van der Waals surface area contributed by atoms with Crippen LogP contribution in [-0.2, 0) is 9.53 Å². The van der Waals surface area contributed by atoms with Crippen molar-refractivity contribution in [3.63, 3.8) is 0 Å². The van der Waals surface area contributed by atoms with E-state index in [-0.39, 0.29) is 11.8 Å². The summed E-state index contributed by atoms with van der Waals surface area (Å²) in [6, 6.07) is 3.58. The Bertz CT molecular complexity index is 657. The Morgan fingerprint density at radius 3 is 2.87 bits per heavy atom. The molecule has 8 nitrogen and oxygen atoms in total. The number of hydrogen-bond acceptors (Lipinski definition) is 7. The predicted octanol–water partition coefficient (Wildman–Crippen LogP) is 0.588. The molecule has 2 aliphatic rings. The van der Waals surface area contributed by atoms with Crippen LogP contribution in [-0.4, -0.2) is 71.8 Å². The van der Waals surface area contributed by atoms with Gasteiger partial charge in [-0.05, 0) is 12.1 Å². The van der Waals surface area contributed by atoms with Gasteiger partial charge in [0.15, 0.2) is 5.76 Å². The summed E-state index contributed by atoms with van der Waals surface area (Å²) in [6.07, 6.45) is 1.58. The fraction of sp³-hybridized carbons (Fsp3) is 0.533. The topological polar surface area (TPSA) is 84.8 Å². The quantitative estimate of drug-likeness (QED) is 0.815. The monoisotopic (exact) mass is 318 g/mol. The lowest BCUT2D eigenvalue weighted by molar-refractivity contribution is -0.137. The molecule has 0 aromatic carbocycles. The van der Waals surface area contributed by atoms with Crippen LogP contribution in [0, 0.1) is 0 Å². The number of hydrogen-bond donors (Lipinski definition) is 0. The molecule has 8 heteroatoms. The Hall–Kier alpha value is -2.19. The largest absolute Gasteiger partial charge is 0.461 e. The van der Waals surface area contributed by atoms with Crippen LogP contribution in [0.1, 0.15) is 11.8 Å². The molecule has 0 N–H and O–H groups in total. The van der Waals surface area contributed by atoms with E-state index in [1.807, 2.05) is 4.90 Å². The molecule has 4 heterocycles. The van der Waals surface area contributed by atoms with Gasteiger partial charge >= 0.3 is 0 Å². The highest BCUT2D eigenvalue weighted by atomic mass is 16.5. The number of likely N-dealkylation sites (tertiary alicyclic amines) is 1. The average Bonchev–Trinajstić information content (AvgIpc) is 3.22. The SMILES string of the molecule is O=C(CN1CC(c2nc(-c3ccco3)no2)C1)N1CCOCC1. The van der Waals surface area contributed by atoms with Gasteiger partial charge in [-0.15, -0.1) is 0 Å². The third-order valence-corrected chi connectivity index (χ3v) is 4.21. The molecule has 0 aliphatic carbocycles. The van der Waals surface area contributed by atoms with Crippen LogP contribution >= 0.6 is 0 Å². The van der Waals surface area contributed by atoms with E-state index in [0.29, 0.717) is 50.3 Å². The molecule has 122 valence electrons. The normalized spacial score (nSPS) is 19.7. The third kappa shape index (κ3) is 2.99. The van der Waals surface area contributed by atoms with E-state index in [4.69, 9.17) is 13.7 Å². The number of nitrogens with zero attached hydrogens (tertiary/aromatic N) is 4. The maximum Gasteiger partial charge on any atom is 0.238 e. The molecule has 2 aromatic rings. The summed E-state index contributed by atoms with van der Waals surface area (Å²) in [5.74, 6) is 2.01. The van der Waals surface area contributed by atoms with Gasteiger partial charge in [0.2, 0.25) is 17.6 Å². The van der Waals surface area contributed by atoms with E-state index in [0.717, 1.165) is 13.1 Å². The van der Waals surface area contributed by atoms with Gasteiger partial charge in [-0.2, -0.15) is 4.98 Å². The van der Waals surface area contributed by atoms with Crippen molar-refractivity contribution in [3.8, 4) is 11.6 Å². The highest BCUT2D eigenvalue weighted by Crippen LogP contribution is 2.27. The number of amides is 1. The van der Waals surface area contributed by atoms with Crippen molar-refractivity contribution in [2.75, 3.05) is 45.9 Å². The van der Waals surface area contributed by atoms with Crippen LogP contribution in [0.2, 0.25) is 0 Å². The van der Waals surface area contributed by atoms with Crippen LogP contribution in [0.25, 0.3) is 11.6 Å². The summed E-state index contributed by atoms with van der Waals surface area (Å²) in [7, 11) is 0. The molecule has 23 heavy (non-hydrogen) atoms. The highest BCUT2D eigenvalue weighted by Gasteiger charge is 2.34. The maximum atomic E-state index is 12.2. The molecule has 2 saturated heterocycles. The predicted molar refractivity (Wildman–Crippen MR) is 78.6 cm³/mol. The molecule has 2 aromatic heterocycles. The van der Waals surface area contributed by atoms with Gasteiger partial charge in [0, 0.05) is 26.2 Å². The molecule has 2 fully saturated rings. The van der Waals surface area contributed by atoms with Crippen LogP contribution in [0.3, 0.4) is 0 Å². The third-order valence-electron chi connectivity index (χ3n) is 4.21. The molecular weight excluding hydrogens is 300 g/mol. The Kier molecular flexibility index (Phi) is 3.84. The number of carbonyl (C=O) groups is 1.